The van der Waals surface area contributed by atoms with Crippen LogP contribution in [0.4, 0.5) is 0 Å². The average molecular weight is 231 g/mol. The summed E-state index contributed by atoms with van der Waals surface area (Å²) in [7, 11) is -3.43. The van der Waals surface area contributed by atoms with E-state index in [1.54, 1.807) is 0 Å². The molecule has 0 aromatic carbocycles. The van der Waals surface area contributed by atoms with Crippen LogP contribution in [0, 0.1) is 5.41 Å². The minimum atomic E-state index is -3.43. The molecule has 6 heteroatoms. The summed E-state index contributed by atoms with van der Waals surface area (Å²) in [6.45, 7) is 6.49. The van der Waals surface area contributed by atoms with Crippen LogP contribution >= 0.6 is 0 Å². The van der Waals surface area contributed by atoms with Gasteiger partial charge < -0.3 is 4.98 Å². The maximum Gasteiger partial charge on any atom is 0.257 e. The average Bonchev–Trinajstić information content (AvgIpc) is 2.69. The molecule has 1 aromatic heterocycles. The van der Waals surface area contributed by atoms with Crippen molar-refractivity contribution in [2.75, 3.05) is 6.54 Å². The van der Waals surface area contributed by atoms with Crippen LogP contribution in [0.3, 0.4) is 0 Å². The molecule has 15 heavy (non-hydrogen) atoms. The topological polar surface area (TPSA) is 74.8 Å². The van der Waals surface area contributed by atoms with Gasteiger partial charge in [-0.2, -0.15) is 0 Å². The van der Waals surface area contributed by atoms with E-state index < -0.39 is 10.0 Å². The predicted octanol–water partition coefficient (Wildman–Crippen LogP) is 1.12. The molecule has 1 rings (SSSR count). The second-order valence-corrected chi connectivity index (χ2v) is 5.99. The molecule has 0 radical (unpaired) electrons. The highest BCUT2D eigenvalue weighted by Gasteiger charge is 2.21. The maximum atomic E-state index is 11.7. The molecule has 0 spiro atoms. The van der Waals surface area contributed by atoms with Crippen molar-refractivity contribution in [3.05, 3.63) is 12.5 Å². The Kier molecular flexibility index (Phi) is 3.51. The fourth-order valence-electron chi connectivity index (χ4n) is 0.883. The Bertz CT molecular complexity index is 395. The van der Waals surface area contributed by atoms with Crippen molar-refractivity contribution in [2.24, 2.45) is 5.41 Å². The number of aromatic amines is 1. The van der Waals surface area contributed by atoms with Gasteiger partial charge in [-0.05, 0) is 11.8 Å². The number of nitrogens with one attached hydrogen (secondary N) is 2. The largest absolute Gasteiger partial charge is 0.335 e. The van der Waals surface area contributed by atoms with E-state index in [0.29, 0.717) is 6.54 Å². The number of sulfonamides is 1. The number of imidazole rings is 1. The zero-order valence-corrected chi connectivity index (χ0v) is 10.1. The van der Waals surface area contributed by atoms with E-state index >= 15 is 0 Å². The molecule has 0 aliphatic heterocycles. The van der Waals surface area contributed by atoms with Gasteiger partial charge in [-0.25, -0.2) is 18.1 Å². The Morgan fingerprint density at radius 3 is 2.67 bits per heavy atom. The lowest BCUT2D eigenvalue weighted by Crippen LogP contribution is -2.33. The van der Waals surface area contributed by atoms with Crippen LogP contribution in [0.15, 0.2) is 17.6 Å². The van der Waals surface area contributed by atoms with E-state index in [9.17, 15) is 8.42 Å². The van der Waals surface area contributed by atoms with E-state index in [-0.39, 0.29) is 10.4 Å². The quantitative estimate of drug-likeness (QED) is 0.797. The van der Waals surface area contributed by atoms with E-state index in [4.69, 9.17) is 0 Å². The van der Waals surface area contributed by atoms with Crippen LogP contribution in [0.2, 0.25) is 0 Å². The molecule has 0 unspecified atom stereocenters. The van der Waals surface area contributed by atoms with Gasteiger partial charge >= 0.3 is 0 Å². The first-order valence-electron chi connectivity index (χ1n) is 4.85. The Morgan fingerprint density at radius 2 is 2.20 bits per heavy atom. The normalized spacial score (nSPS) is 13.0. The van der Waals surface area contributed by atoms with Crippen molar-refractivity contribution in [1.29, 1.82) is 0 Å². The van der Waals surface area contributed by atoms with E-state index in [1.165, 1.54) is 12.5 Å². The van der Waals surface area contributed by atoms with Gasteiger partial charge in [0, 0.05) is 6.54 Å². The minimum Gasteiger partial charge on any atom is -0.335 e. The van der Waals surface area contributed by atoms with Gasteiger partial charge in [0.1, 0.15) is 0 Å². The summed E-state index contributed by atoms with van der Waals surface area (Å²) in [4.78, 5) is 6.25. The van der Waals surface area contributed by atoms with Gasteiger partial charge in [-0.15, -0.1) is 0 Å². The molecule has 0 fully saturated rings. The van der Waals surface area contributed by atoms with Crippen molar-refractivity contribution >= 4 is 10.0 Å². The second kappa shape index (κ2) is 4.32. The van der Waals surface area contributed by atoms with Crippen molar-refractivity contribution in [3.63, 3.8) is 0 Å². The maximum absolute atomic E-state index is 11.7. The third kappa shape index (κ3) is 3.32. The SMILES string of the molecule is CCC(C)(C)CNS(=O)(=O)c1cnc[nH]1. The summed E-state index contributed by atoms with van der Waals surface area (Å²) in [6, 6.07) is 0. The Balaban J connectivity index is 2.67. The molecule has 0 aliphatic carbocycles. The van der Waals surface area contributed by atoms with Gasteiger partial charge in [-0.3, -0.25) is 0 Å². The second-order valence-electron chi connectivity index (χ2n) is 4.26. The van der Waals surface area contributed by atoms with E-state index in [2.05, 4.69) is 14.7 Å². The van der Waals surface area contributed by atoms with Crippen LogP contribution in [0.5, 0.6) is 0 Å². The van der Waals surface area contributed by atoms with Crippen molar-refractivity contribution in [3.8, 4) is 0 Å². The van der Waals surface area contributed by atoms with Crippen LogP contribution in [-0.4, -0.2) is 24.9 Å². The first kappa shape index (κ1) is 12.2. The molecule has 1 heterocycles. The lowest BCUT2D eigenvalue weighted by molar-refractivity contribution is 0.350. The van der Waals surface area contributed by atoms with Crippen molar-refractivity contribution in [2.45, 2.75) is 32.2 Å². The van der Waals surface area contributed by atoms with Gasteiger partial charge in [-0.1, -0.05) is 20.8 Å². The number of nitrogens with zero attached hydrogens (tertiary/aromatic N) is 1. The first-order chi connectivity index (χ1) is 6.87. The van der Waals surface area contributed by atoms with Gasteiger partial charge in [0.25, 0.3) is 10.0 Å². The standard InChI is InChI=1S/C9H17N3O2S/c1-4-9(2,3)6-12-15(13,14)8-5-10-7-11-8/h5,7,12H,4,6H2,1-3H3,(H,10,11). The number of H-pyrrole nitrogens is 1. The summed E-state index contributed by atoms with van der Waals surface area (Å²) in [5, 5.41) is 0.106. The summed E-state index contributed by atoms with van der Waals surface area (Å²) >= 11 is 0. The Hall–Kier alpha value is -0.880. The van der Waals surface area contributed by atoms with Crippen LogP contribution in [0.1, 0.15) is 27.2 Å². The van der Waals surface area contributed by atoms with Crippen molar-refractivity contribution in [1.82, 2.24) is 14.7 Å². The molecule has 1 aromatic rings. The van der Waals surface area contributed by atoms with Crippen LogP contribution in [0.25, 0.3) is 0 Å². The zero-order chi connectivity index (χ0) is 11.5. The number of aromatic nitrogens is 2. The van der Waals surface area contributed by atoms with Gasteiger partial charge in [0.2, 0.25) is 0 Å². The smallest absolute Gasteiger partial charge is 0.257 e. The fraction of sp³-hybridized carbons (Fsp3) is 0.667. The lowest BCUT2D eigenvalue weighted by atomic mass is 9.91. The summed E-state index contributed by atoms with van der Waals surface area (Å²) < 4.78 is 25.9. The van der Waals surface area contributed by atoms with E-state index in [1.807, 2.05) is 20.8 Å². The molecule has 2 N–H and O–H groups in total. The van der Waals surface area contributed by atoms with Crippen LogP contribution < -0.4 is 4.72 Å². The highest BCUT2D eigenvalue weighted by molar-refractivity contribution is 7.89. The molecule has 0 amide bonds. The molecule has 0 saturated carbocycles. The number of hydrogen-bond donors (Lipinski definition) is 2. The van der Waals surface area contributed by atoms with Crippen LogP contribution in [-0.2, 0) is 10.0 Å². The summed E-state index contributed by atoms with van der Waals surface area (Å²) in [5.74, 6) is 0. The highest BCUT2D eigenvalue weighted by Crippen LogP contribution is 2.18. The predicted molar refractivity (Wildman–Crippen MR) is 57.8 cm³/mol. The molecule has 5 nitrogen and oxygen atoms in total. The molecule has 0 saturated heterocycles. The molecule has 0 aliphatic rings. The van der Waals surface area contributed by atoms with E-state index in [0.717, 1.165) is 6.42 Å². The summed E-state index contributed by atoms with van der Waals surface area (Å²) in [6.07, 6.45) is 3.55. The molecular formula is C9H17N3O2S. The third-order valence-corrected chi connectivity index (χ3v) is 3.79. The Morgan fingerprint density at radius 1 is 1.53 bits per heavy atom. The third-order valence-electron chi connectivity index (χ3n) is 2.46. The zero-order valence-electron chi connectivity index (χ0n) is 9.24. The molecule has 0 atom stereocenters. The van der Waals surface area contributed by atoms with Crippen molar-refractivity contribution < 1.29 is 8.42 Å². The fourth-order valence-corrected chi connectivity index (χ4v) is 2.03. The molecule has 0 bridgehead atoms. The molecular weight excluding hydrogens is 214 g/mol. The monoisotopic (exact) mass is 231 g/mol. The Labute approximate surface area is 90.4 Å². The minimum absolute atomic E-state index is 0.0346. The number of hydrogen-bond acceptors (Lipinski definition) is 3. The summed E-state index contributed by atoms with van der Waals surface area (Å²) in [5.41, 5.74) is -0.0346. The number of rotatable bonds is 5. The van der Waals surface area contributed by atoms with Gasteiger partial charge in [0.05, 0.1) is 12.5 Å². The molecule has 86 valence electrons. The van der Waals surface area contributed by atoms with Gasteiger partial charge in [0.15, 0.2) is 5.03 Å². The first-order valence-corrected chi connectivity index (χ1v) is 6.34. The highest BCUT2D eigenvalue weighted by atomic mass is 32.2. The lowest BCUT2D eigenvalue weighted by Gasteiger charge is -2.22.